The van der Waals surface area contributed by atoms with Crippen LogP contribution in [0.2, 0.25) is 0 Å². The summed E-state index contributed by atoms with van der Waals surface area (Å²) in [7, 11) is 0. The molecule has 0 amide bonds. The zero-order valence-electron chi connectivity index (χ0n) is 3.38. The maximum absolute atomic E-state index is 9.45. The van der Waals surface area contributed by atoms with E-state index < -0.39 is 12.1 Å². The van der Waals surface area contributed by atoms with E-state index in [1.807, 2.05) is 0 Å². The molecule has 6 heavy (non-hydrogen) atoms. The summed E-state index contributed by atoms with van der Waals surface area (Å²) in [5.41, 5.74) is 0. The second-order valence-electron chi connectivity index (χ2n) is 1.01. The Bertz CT molecular complexity index is 57.1. The van der Waals surface area contributed by atoms with Gasteiger partial charge in [0.1, 0.15) is 6.10 Å². The molecule has 0 unspecified atom stereocenters. The first-order chi connectivity index (χ1) is 2.64. The Kier molecular flexibility index (Phi) is 1.60. The lowest BCUT2D eigenvalue weighted by Gasteiger charge is -1.89. The zero-order valence-corrected chi connectivity index (χ0v) is 3.38. The van der Waals surface area contributed by atoms with E-state index in [0.29, 0.717) is 0 Å². The number of hydrogen-bond donors (Lipinski definition) is 2. The molecular formula is C3H6O3. The van der Waals surface area contributed by atoms with Crippen molar-refractivity contribution in [3.63, 3.8) is 0 Å². The molecule has 0 aromatic rings. The molecule has 0 rings (SSSR count). The molecule has 0 saturated heterocycles. The van der Waals surface area contributed by atoms with Crippen molar-refractivity contribution in [2.24, 2.45) is 0 Å². The Morgan fingerprint density at radius 3 is 2.00 bits per heavy atom. The summed E-state index contributed by atoms with van der Waals surface area (Å²) < 4.78 is 0. The summed E-state index contributed by atoms with van der Waals surface area (Å²) in [6, 6.07) is 0. The average molecular weight is 91.1 g/mol. The Morgan fingerprint density at radius 2 is 2.00 bits per heavy atom. The summed E-state index contributed by atoms with van der Waals surface area (Å²) in [5, 5.41) is 15.8. The van der Waals surface area contributed by atoms with Crippen LogP contribution in [0.4, 0.5) is 0 Å². The van der Waals surface area contributed by atoms with Gasteiger partial charge in [-0.05, 0) is 6.92 Å². The highest BCUT2D eigenvalue weighted by Gasteiger charge is 2.01. The van der Waals surface area contributed by atoms with E-state index in [9.17, 15) is 4.79 Å². The summed E-state index contributed by atoms with van der Waals surface area (Å²) in [4.78, 5) is 9.45. The zero-order chi connectivity index (χ0) is 5.15. The van der Waals surface area contributed by atoms with Crippen LogP contribution in [-0.4, -0.2) is 22.3 Å². The largest absolute Gasteiger partial charge is 0.479 e. The highest BCUT2D eigenvalue weighted by molar-refractivity contribution is 5.71. The monoisotopic (exact) mass is 91.0 g/mol. The van der Waals surface area contributed by atoms with Gasteiger partial charge < -0.3 is 10.2 Å². The van der Waals surface area contributed by atoms with Crippen molar-refractivity contribution in [1.82, 2.24) is 0 Å². The molecule has 3 nitrogen and oxygen atoms in total. The van der Waals surface area contributed by atoms with Gasteiger partial charge in [-0.15, -0.1) is 0 Å². The summed E-state index contributed by atoms with van der Waals surface area (Å²) in [5.74, 6) is -1.19. The van der Waals surface area contributed by atoms with Crippen LogP contribution in [0, 0.1) is 0 Å². The second-order valence-corrected chi connectivity index (χ2v) is 1.01. The van der Waals surface area contributed by atoms with Crippen LogP contribution in [0.25, 0.3) is 0 Å². The molecule has 0 aromatic carbocycles. The Morgan fingerprint density at radius 1 is 1.83 bits per heavy atom. The molecule has 0 aliphatic heterocycles. The number of carboxylic acids is 1. The maximum atomic E-state index is 9.45. The van der Waals surface area contributed by atoms with Crippen molar-refractivity contribution in [3.8, 4) is 0 Å². The SMILES string of the molecule is C[C@H](O)[13C](=O)O. The highest BCUT2D eigenvalue weighted by atomic mass is 16.5. The Hall–Kier alpha value is -0.570. The van der Waals surface area contributed by atoms with Gasteiger partial charge in [0.25, 0.3) is 0 Å². The van der Waals surface area contributed by atoms with E-state index in [2.05, 4.69) is 0 Å². The van der Waals surface area contributed by atoms with Crippen molar-refractivity contribution in [2.75, 3.05) is 0 Å². The third kappa shape index (κ3) is 1.72. The third-order valence-corrected chi connectivity index (χ3v) is 0.357. The van der Waals surface area contributed by atoms with Crippen LogP contribution in [0.15, 0.2) is 0 Å². The van der Waals surface area contributed by atoms with Gasteiger partial charge in [0.15, 0.2) is 0 Å². The van der Waals surface area contributed by atoms with Gasteiger partial charge in [-0.25, -0.2) is 4.79 Å². The summed E-state index contributed by atoms with van der Waals surface area (Å²) in [6.45, 7) is 1.20. The van der Waals surface area contributed by atoms with E-state index in [1.54, 1.807) is 0 Å². The molecule has 0 heterocycles. The predicted octanol–water partition coefficient (Wildman–Crippen LogP) is -0.548. The standard InChI is InChI=1S/C3H6O3/c1-2(4)3(5)6/h2,4H,1H3,(H,5,6)/t2-/m0/s1/i3+1. The van der Waals surface area contributed by atoms with Gasteiger partial charge in [-0.3, -0.25) is 0 Å². The lowest BCUT2D eigenvalue weighted by Crippen LogP contribution is -2.13. The molecule has 2 N–H and O–H groups in total. The average Bonchev–Trinajstić information content (AvgIpc) is 1.36. The van der Waals surface area contributed by atoms with Gasteiger partial charge >= 0.3 is 5.97 Å². The summed E-state index contributed by atoms with van der Waals surface area (Å²) >= 11 is 0. The third-order valence-electron chi connectivity index (χ3n) is 0.357. The fraction of sp³-hybridized carbons (Fsp3) is 0.667. The highest BCUT2D eigenvalue weighted by Crippen LogP contribution is 1.73. The van der Waals surface area contributed by atoms with Crippen molar-refractivity contribution < 1.29 is 15.0 Å². The minimum atomic E-state index is -1.23. The first kappa shape index (κ1) is 5.43. The minimum Gasteiger partial charge on any atom is -0.479 e. The smallest absolute Gasteiger partial charge is 0.332 e. The molecule has 0 saturated carbocycles. The molecular weight excluding hydrogens is 85.0 g/mol. The number of aliphatic hydroxyl groups excluding tert-OH is 1. The van der Waals surface area contributed by atoms with Gasteiger partial charge in [-0.1, -0.05) is 0 Å². The van der Waals surface area contributed by atoms with Gasteiger partial charge in [0.05, 0.1) is 0 Å². The van der Waals surface area contributed by atoms with Crippen molar-refractivity contribution in [2.45, 2.75) is 13.0 Å². The van der Waals surface area contributed by atoms with E-state index in [-0.39, 0.29) is 0 Å². The van der Waals surface area contributed by atoms with E-state index in [0.717, 1.165) is 0 Å². The second kappa shape index (κ2) is 1.77. The first-order valence-electron chi connectivity index (χ1n) is 1.55. The molecule has 0 aromatic heterocycles. The van der Waals surface area contributed by atoms with Crippen molar-refractivity contribution in [3.05, 3.63) is 0 Å². The van der Waals surface area contributed by atoms with Gasteiger partial charge in [0, 0.05) is 0 Å². The summed E-state index contributed by atoms with van der Waals surface area (Å²) in [6.07, 6.45) is -1.23. The van der Waals surface area contributed by atoms with Crippen molar-refractivity contribution >= 4 is 5.97 Å². The van der Waals surface area contributed by atoms with Crippen LogP contribution < -0.4 is 0 Å². The molecule has 0 aliphatic carbocycles. The van der Waals surface area contributed by atoms with E-state index in [1.165, 1.54) is 6.92 Å². The molecule has 36 valence electrons. The molecule has 0 bridgehead atoms. The van der Waals surface area contributed by atoms with Crippen LogP contribution >= 0.6 is 0 Å². The normalized spacial score (nSPS) is 13.7. The number of aliphatic hydroxyl groups is 1. The topological polar surface area (TPSA) is 57.5 Å². The first-order valence-corrected chi connectivity index (χ1v) is 1.55. The van der Waals surface area contributed by atoms with Crippen LogP contribution in [0.5, 0.6) is 0 Å². The number of rotatable bonds is 1. The fourth-order valence-corrected chi connectivity index (χ4v) is 0. The molecule has 0 spiro atoms. The quantitative estimate of drug-likeness (QED) is 0.426. The molecule has 0 aliphatic rings. The molecule has 1 atom stereocenters. The lowest BCUT2D eigenvalue weighted by atomic mass is 10.6. The number of carboxylic acid groups (broad SMARTS) is 1. The van der Waals surface area contributed by atoms with Gasteiger partial charge in [-0.2, -0.15) is 0 Å². The molecule has 3 heteroatoms. The number of hydrogen-bond acceptors (Lipinski definition) is 2. The van der Waals surface area contributed by atoms with Gasteiger partial charge in [0.2, 0.25) is 0 Å². The van der Waals surface area contributed by atoms with Crippen LogP contribution in [-0.2, 0) is 4.79 Å². The van der Waals surface area contributed by atoms with Crippen molar-refractivity contribution in [1.29, 1.82) is 0 Å². The van der Waals surface area contributed by atoms with E-state index in [4.69, 9.17) is 10.2 Å². The predicted molar refractivity (Wildman–Crippen MR) is 19.3 cm³/mol. The Balaban J connectivity index is 3.26. The van der Waals surface area contributed by atoms with Crippen LogP contribution in [0.1, 0.15) is 6.92 Å². The molecule has 0 radical (unpaired) electrons. The number of aliphatic carboxylic acids is 1. The fourth-order valence-electron chi connectivity index (χ4n) is 0. The lowest BCUT2D eigenvalue weighted by molar-refractivity contribution is -0.145. The molecule has 0 fully saturated rings. The minimum absolute atomic E-state index is 1.19. The maximum Gasteiger partial charge on any atom is 0.332 e. The van der Waals surface area contributed by atoms with Crippen LogP contribution in [0.3, 0.4) is 0 Å². The number of carbonyl (C=O) groups is 1. The Labute approximate surface area is 35.2 Å². The van der Waals surface area contributed by atoms with E-state index >= 15 is 0 Å².